The molecule has 1 N–H and O–H groups in total. The van der Waals surface area contributed by atoms with Crippen molar-refractivity contribution >= 4 is 12.1 Å². The molecule has 1 aromatic carbocycles. The molecule has 0 fully saturated rings. The third kappa shape index (κ3) is 3.56. The van der Waals surface area contributed by atoms with Crippen LogP contribution in [-0.2, 0) is 24.4 Å². The number of carbonyl (C=O) groups excluding carboxylic acids is 1. The largest absolute Gasteiger partial charge is 0.477 e. The highest BCUT2D eigenvalue weighted by Crippen LogP contribution is 2.26. The SMILES string of the molecule is CCC(C)c1nc2n(c1C(=O)O)CCN(C(=O)OCc1ccccc1)C2. The number of hydrogen-bond acceptors (Lipinski definition) is 4. The Morgan fingerprint density at radius 1 is 1.27 bits per heavy atom. The van der Waals surface area contributed by atoms with Gasteiger partial charge in [-0.2, -0.15) is 0 Å². The van der Waals surface area contributed by atoms with Crippen LogP contribution >= 0.6 is 0 Å². The van der Waals surface area contributed by atoms with Crippen molar-refractivity contribution in [1.82, 2.24) is 14.5 Å². The first-order valence-electron chi connectivity index (χ1n) is 8.79. The van der Waals surface area contributed by atoms with E-state index in [4.69, 9.17) is 4.74 Å². The maximum Gasteiger partial charge on any atom is 0.410 e. The number of aromatic carboxylic acids is 1. The number of aromatic nitrogens is 2. The Bertz CT molecular complexity index is 801. The molecule has 7 nitrogen and oxygen atoms in total. The lowest BCUT2D eigenvalue weighted by atomic mass is 10.0. The molecule has 1 unspecified atom stereocenters. The maximum absolute atomic E-state index is 12.3. The zero-order valence-corrected chi connectivity index (χ0v) is 15.0. The number of fused-ring (bicyclic) bond motifs is 1. The summed E-state index contributed by atoms with van der Waals surface area (Å²) in [5.74, 6) is -0.322. The molecule has 1 atom stereocenters. The number of benzene rings is 1. The first-order valence-corrected chi connectivity index (χ1v) is 8.79. The Morgan fingerprint density at radius 2 is 2.00 bits per heavy atom. The van der Waals surface area contributed by atoms with E-state index in [0.717, 1.165) is 12.0 Å². The second kappa shape index (κ2) is 7.59. The first kappa shape index (κ1) is 18.0. The van der Waals surface area contributed by atoms with Crippen molar-refractivity contribution in [2.45, 2.75) is 45.9 Å². The Labute approximate surface area is 152 Å². The minimum absolute atomic E-state index is 0.0534. The summed E-state index contributed by atoms with van der Waals surface area (Å²) in [6.45, 7) is 5.24. The molecule has 26 heavy (non-hydrogen) atoms. The molecule has 2 aromatic rings. The lowest BCUT2D eigenvalue weighted by molar-refractivity contribution is 0.0675. The molecule has 1 aliphatic rings. The second-order valence-electron chi connectivity index (χ2n) is 6.49. The molecule has 2 heterocycles. The van der Waals surface area contributed by atoms with Gasteiger partial charge in [0.2, 0.25) is 0 Å². The van der Waals surface area contributed by atoms with Crippen LogP contribution in [0.2, 0.25) is 0 Å². The quantitative estimate of drug-likeness (QED) is 0.888. The molecule has 0 saturated heterocycles. The predicted octanol–water partition coefficient (Wildman–Crippen LogP) is 3.25. The van der Waals surface area contributed by atoms with Gasteiger partial charge in [0.15, 0.2) is 5.69 Å². The van der Waals surface area contributed by atoms with Crippen LogP contribution < -0.4 is 0 Å². The summed E-state index contributed by atoms with van der Waals surface area (Å²) in [5.41, 5.74) is 1.76. The van der Waals surface area contributed by atoms with Gasteiger partial charge in [-0.05, 0) is 12.0 Å². The van der Waals surface area contributed by atoms with Gasteiger partial charge in [0.1, 0.15) is 12.4 Å². The Balaban J connectivity index is 1.73. The van der Waals surface area contributed by atoms with Crippen LogP contribution in [0.5, 0.6) is 0 Å². The summed E-state index contributed by atoms with van der Waals surface area (Å²) >= 11 is 0. The minimum atomic E-state index is -0.973. The van der Waals surface area contributed by atoms with E-state index in [1.54, 1.807) is 9.47 Å². The van der Waals surface area contributed by atoms with Gasteiger partial charge in [0.05, 0.1) is 12.2 Å². The number of hydrogen-bond donors (Lipinski definition) is 1. The molecule has 0 saturated carbocycles. The predicted molar refractivity (Wildman–Crippen MR) is 94.9 cm³/mol. The van der Waals surface area contributed by atoms with E-state index in [1.165, 1.54) is 0 Å². The smallest absolute Gasteiger partial charge is 0.410 e. The van der Waals surface area contributed by atoms with E-state index in [-0.39, 0.29) is 24.8 Å². The summed E-state index contributed by atoms with van der Waals surface area (Å²) < 4.78 is 7.08. The van der Waals surface area contributed by atoms with Gasteiger partial charge in [-0.15, -0.1) is 0 Å². The normalized spacial score (nSPS) is 14.6. The number of amides is 1. The van der Waals surface area contributed by atoms with E-state index in [0.29, 0.717) is 24.6 Å². The highest BCUT2D eigenvalue weighted by Gasteiger charge is 2.30. The fourth-order valence-corrected chi connectivity index (χ4v) is 3.08. The van der Waals surface area contributed by atoms with Crippen molar-refractivity contribution < 1.29 is 19.4 Å². The molecular formula is C19H23N3O4. The molecule has 0 radical (unpaired) electrons. The molecule has 1 amide bonds. The van der Waals surface area contributed by atoms with Crippen molar-refractivity contribution in [1.29, 1.82) is 0 Å². The van der Waals surface area contributed by atoms with Gasteiger partial charge in [-0.25, -0.2) is 14.6 Å². The zero-order chi connectivity index (χ0) is 18.7. The number of carboxylic acids is 1. The van der Waals surface area contributed by atoms with Gasteiger partial charge in [0.25, 0.3) is 0 Å². The van der Waals surface area contributed by atoms with Gasteiger partial charge in [0, 0.05) is 19.0 Å². The summed E-state index contributed by atoms with van der Waals surface area (Å²) in [4.78, 5) is 30.1. The van der Waals surface area contributed by atoms with Crippen LogP contribution in [0, 0.1) is 0 Å². The summed E-state index contributed by atoms with van der Waals surface area (Å²) in [6, 6.07) is 9.49. The minimum Gasteiger partial charge on any atom is -0.477 e. The van der Waals surface area contributed by atoms with Crippen LogP contribution in [-0.4, -0.2) is 38.2 Å². The maximum atomic E-state index is 12.3. The first-order chi connectivity index (χ1) is 12.5. The Morgan fingerprint density at radius 3 is 2.65 bits per heavy atom. The van der Waals surface area contributed by atoms with Crippen molar-refractivity contribution in [3.8, 4) is 0 Å². The summed E-state index contributed by atoms with van der Waals surface area (Å²) in [6.07, 6.45) is 0.393. The molecule has 3 rings (SSSR count). The van der Waals surface area contributed by atoms with E-state index < -0.39 is 12.1 Å². The summed E-state index contributed by atoms with van der Waals surface area (Å²) in [7, 11) is 0. The number of carbonyl (C=O) groups is 2. The van der Waals surface area contributed by atoms with Crippen LogP contribution in [0.15, 0.2) is 30.3 Å². The topological polar surface area (TPSA) is 84.7 Å². The summed E-state index contributed by atoms with van der Waals surface area (Å²) in [5, 5.41) is 9.57. The van der Waals surface area contributed by atoms with E-state index in [9.17, 15) is 14.7 Å². The molecule has 1 aromatic heterocycles. The fraction of sp³-hybridized carbons (Fsp3) is 0.421. The zero-order valence-electron chi connectivity index (χ0n) is 15.0. The lowest BCUT2D eigenvalue weighted by Crippen LogP contribution is -2.39. The Hall–Kier alpha value is -2.83. The van der Waals surface area contributed by atoms with Gasteiger partial charge >= 0.3 is 12.1 Å². The van der Waals surface area contributed by atoms with Crippen molar-refractivity contribution in [2.24, 2.45) is 0 Å². The van der Waals surface area contributed by atoms with E-state index in [2.05, 4.69) is 4.98 Å². The second-order valence-corrected chi connectivity index (χ2v) is 6.49. The number of nitrogens with zero attached hydrogens (tertiary/aromatic N) is 3. The number of carboxylic acid groups (broad SMARTS) is 1. The molecule has 138 valence electrons. The van der Waals surface area contributed by atoms with Gasteiger partial charge in [-0.1, -0.05) is 44.2 Å². The molecule has 0 bridgehead atoms. The van der Waals surface area contributed by atoms with Crippen LogP contribution in [0.25, 0.3) is 0 Å². The molecular weight excluding hydrogens is 334 g/mol. The third-order valence-electron chi connectivity index (χ3n) is 4.74. The van der Waals surface area contributed by atoms with E-state index in [1.807, 2.05) is 44.2 Å². The molecule has 1 aliphatic heterocycles. The number of rotatable bonds is 5. The monoisotopic (exact) mass is 357 g/mol. The standard InChI is InChI=1S/C19H23N3O4/c1-3-13(2)16-17(18(23)24)22-10-9-21(11-15(22)20-16)19(25)26-12-14-7-5-4-6-8-14/h4-8,13H,3,9-12H2,1-2H3,(H,23,24). The van der Waals surface area contributed by atoms with Crippen LogP contribution in [0.1, 0.15) is 53.8 Å². The average molecular weight is 357 g/mol. The third-order valence-corrected chi connectivity index (χ3v) is 4.74. The molecule has 7 heteroatoms. The van der Waals surface area contributed by atoms with Crippen molar-refractivity contribution in [3.63, 3.8) is 0 Å². The Kier molecular flexibility index (Phi) is 5.25. The van der Waals surface area contributed by atoms with Crippen molar-refractivity contribution in [3.05, 3.63) is 53.1 Å². The number of ether oxygens (including phenoxy) is 1. The highest BCUT2D eigenvalue weighted by molar-refractivity contribution is 5.87. The van der Waals surface area contributed by atoms with Crippen LogP contribution in [0.3, 0.4) is 0 Å². The fourth-order valence-electron chi connectivity index (χ4n) is 3.08. The van der Waals surface area contributed by atoms with Gasteiger partial charge < -0.3 is 14.4 Å². The molecule has 0 spiro atoms. The lowest BCUT2D eigenvalue weighted by Gasteiger charge is -2.27. The van der Waals surface area contributed by atoms with Gasteiger partial charge in [-0.3, -0.25) is 4.90 Å². The van der Waals surface area contributed by atoms with Crippen LogP contribution in [0.4, 0.5) is 4.79 Å². The number of imidazole rings is 1. The van der Waals surface area contributed by atoms with E-state index >= 15 is 0 Å². The van der Waals surface area contributed by atoms with Crippen molar-refractivity contribution in [2.75, 3.05) is 6.54 Å². The molecule has 0 aliphatic carbocycles. The average Bonchev–Trinajstić information content (AvgIpc) is 3.05. The highest BCUT2D eigenvalue weighted by atomic mass is 16.6.